The van der Waals surface area contributed by atoms with Crippen molar-refractivity contribution in [3.8, 4) is 0 Å². The molecule has 4 nitrogen and oxygen atoms in total. The Morgan fingerprint density at radius 3 is 2.48 bits per heavy atom. The molecule has 120 valence electrons. The molecular formula is C18H19ClN2O2. The van der Waals surface area contributed by atoms with Crippen molar-refractivity contribution in [2.24, 2.45) is 0 Å². The smallest absolute Gasteiger partial charge is 0.313 e. The summed E-state index contributed by atoms with van der Waals surface area (Å²) < 4.78 is 0. The van der Waals surface area contributed by atoms with Crippen molar-refractivity contribution >= 4 is 29.1 Å². The maximum atomic E-state index is 11.9. The van der Waals surface area contributed by atoms with Gasteiger partial charge in [0, 0.05) is 17.3 Å². The van der Waals surface area contributed by atoms with Crippen molar-refractivity contribution in [2.75, 3.05) is 11.9 Å². The van der Waals surface area contributed by atoms with Gasteiger partial charge < -0.3 is 10.6 Å². The summed E-state index contributed by atoms with van der Waals surface area (Å²) in [5.74, 6) is -1.33. The van der Waals surface area contributed by atoms with Crippen molar-refractivity contribution in [3.63, 3.8) is 0 Å². The highest BCUT2D eigenvalue weighted by molar-refractivity contribution is 6.40. The van der Waals surface area contributed by atoms with Crippen LogP contribution in [0, 0.1) is 6.92 Å². The first-order valence-electron chi connectivity index (χ1n) is 7.46. The molecule has 0 radical (unpaired) electrons. The van der Waals surface area contributed by atoms with Crippen LogP contribution >= 0.6 is 11.6 Å². The summed E-state index contributed by atoms with van der Waals surface area (Å²) in [6.45, 7) is 2.24. The molecule has 0 heterocycles. The number of halogens is 1. The first-order valence-corrected chi connectivity index (χ1v) is 7.84. The third-order valence-electron chi connectivity index (χ3n) is 3.49. The zero-order chi connectivity index (χ0) is 16.7. The summed E-state index contributed by atoms with van der Waals surface area (Å²) in [6.07, 6.45) is 1.63. The molecule has 2 aromatic carbocycles. The molecule has 2 N–H and O–H groups in total. The molecule has 0 saturated heterocycles. The van der Waals surface area contributed by atoms with Crippen molar-refractivity contribution < 1.29 is 9.59 Å². The Bertz CT molecular complexity index is 687. The minimum absolute atomic E-state index is 0.454. The van der Waals surface area contributed by atoms with Gasteiger partial charge in [0.1, 0.15) is 0 Å². The summed E-state index contributed by atoms with van der Waals surface area (Å²) in [5, 5.41) is 5.74. The van der Waals surface area contributed by atoms with Gasteiger partial charge in [-0.2, -0.15) is 0 Å². The van der Waals surface area contributed by atoms with E-state index in [0.29, 0.717) is 17.3 Å². The Kier molecular flexibility index (Phi) is 6.18. The molecule has 0 bridgehead atoms. The van der Waals surface area contributed by atoms with E-state index in [4.69, 9.17) is 11.6 Å². The lowest BCUT2D eigenvalue weighted by molar-refractivity contribution is -0.136. The topological polar surface area (TPSA) is 58.2 Å². The molecule has 0 unspecified atom stereocenters. The Labute approximate surface area is 140 Å². The maximum Gasteiger partial charge on any atom is 0.313 e. The van der Waals surface area contributed by atoms with Crippen molar-refractivity contribution in [2.45, 2.75) is 19.8 Å². The van der Waals surface area contributed by atoms with E-state index in [0.717, 1.165) is 18.4 Å². The second-order valence-electron chi connectivity index (χ2n) is 5.21. The van der Waals surface area contributed by atoms with Crippen LogP contribution in [0.1, 0.15) is 17.5 Å². The Morgan fingerprint density at radius 2 is 1.74 bits per heavy atom. The number of rotatable bonds is 5. The summed E-state index contributed by atoms with van der Waals surface area (Å²) in [5.41, 5.74) is 2.49. The number of hydrogen-bond acceptors (Lipinski definition) is 2. The van der Waals surface area contributed by atoms with Crippen LogP contribution < -0.4 is 10.6 Å². The van der Waals surface area contributed by atoms with Gasteiger partial charge in [0.25, 0.3) is 0 Å². The summed E-state index contributed by atoms with van der Waals surface area (Å²) in [4.78, 5) is 23.7. The molecule has 0 aromatic heterocycles. The number of hydrogen-bond donors (Lipinski definition) is 2. The standard InChI is InChI=1S/C18H19ClN2O2/c1-13-15(19)10-5-11-16(13)21-18(23)17(22)20-12-6-9-14-7-3-2-4-8-14/h2-5,7-8,10-11H,6,9,12H2,1H3,(H,20,22)(H,21,23). The van der Waals surface area contributed by atoms with E-state index in [2.05, 4.69) is 10.6 Å². The van der Waals surface area contributed by atoms with E-state index in [-0.39, 0.29) is 0 Å². The molecule has 0 aliphatic heterocycles. The highest BCUT2D eigenvalue weighted by Crippen LogP contribution is 2.22. The van der Waals surface area contributed by atoms with Gasteiger partial charge in [0.15, 0.2) is 0 Å². The molecule has 0 aliphatic rings. The van der Waals surface area contributed by atoms with Gasteiger partial charge >= 0.3 is 11.8 Å². The molecule has 0 spiro atoms. The molecule has 2 amide bonds. The molecule has 0 saturated carbocycles. The average Bonchev–Trinajstić information content (AvgIpc) is 2.56. The fraction of sp³-hybridized carbons (Fsp3) is 0.222. The predicted molar refractivity (Wildman–Crippen MR) is 92.6 cm³/mol. The van der Waals surface area contributed by atoms with Gasteiger partial charge in [-0.3, -0.25) is 9.59 Å². The van der Waals surface area contributed by atoms with Crippen LogP contribution in [0.4, 0.5) is 5.69 Å². The average molecular weight is 331 g/mol. The number of nitrogens with one attached hydrogen (secondary N) is 2. The van der Waals surface area contributed by atoms with Crippen LogP contribution in [-0.4, -0.2) is 18.4 Å². The Morgan fingerprint density at radius 1 is 1.00 bits per heavy atom. The third kappa shape index (κ3) is 5.11. The number of carbonyl (C=O) groups is 2. The molecule has 2 rings (SSSR count). The third-order valence-corrected chi connectivity index (χ3v) is 3.90. The van der Waals surface area contributed by atoms with Crippen molar-refractivity contribution in [1.82, 2.24) is 5.32 Å². The van der Waals surface area contributed by atoms with Gasteiger partial charge in [-0.15, -0.1) is 0 Å². The van der Waals surface area contributed by atoms with E-state index in [1.54, 1.807) is 25.1 Å². The number of aryl methyl sites for hydroxylation is 1. The largest absolute Gasteiger partial charge is 0.348 e. The van der Waals surface area contributed by atoms with E-state index in [1.807, 2.05) is 30.3 Å². The number of amides is 2. The minimum atomic E-state index is -0.685. The molecule has 2 aromatic rings. The minimum Gasteiger partial charge on any atom is -0.348 e. The molecular weight excluding hydrogens is 312 g/mol. The van der Waals surface area contributed by atoms with Crippen LogP contribution in [-0.2, 0) is 16.0 Å². The quantitative estimate of drug-likeness (QED) is 0.652. The normalized spacial score (nSPS) is 10.2. The fourth-order valence-corrected chi connectivity index (χ4v) is 2.32. The first kappa shape index (κ1) is 17.0. The Balaban J connectivity index is 1.77. The zero-order valence-electron chi connectivity index (χ0n) is 12.9. The molecule has 0 atom stereocenters. The highest BCUT2D eigenvalue weighted by atomic mass is 35.5. The summed E-state index contributed by atoms with van der Waals surface area (Å²) in [7, 11) is 0. The van der Waals surface area contributed by atoms with Gasteiger partial charge in [-0.05, 0) is 43.0 Å². The molecule has 0 fully saturated rings. The van der Waals surface area contributed by atoms with Crippen LogP contribution in [0.15, 0.2) is 48.5 Å². The van der Waals surface area contributed by atoms with Crippen LogP contribution in [0.5, 0.6) is 0 Å². The second kappa shape index (κ2) is 8.34. The van der Waals surface area contributed by atoms with E-state index >= 15 is 0 Å². The zero-order valence-corrected chi connectivity index (χ0v) is 13.7. The van der Waals surface area contributed by atoms with Crippen molar-refractivity contribution in [3.05, 3.63) is 64.7 Å². The monoisotopic (exact) mass is 330 g/mol. The lowest BCUT2D eigenvalue weighted by atomic mass is 10.1. The fourth-order valence-electron chi connectivity index (χ4n) is 2.14. The summed E-state index contributed by atoms with van der Waals surface area (Å²) >= 11 is 5.99. The molecule has 0 aliphatic carbocycles. The number of carbonyl (C=O) groups excluding carboxylic acids is 2. The van der Waals surface area contributed by atoms with Gasteiger partial charge in [0.2, 0.25) is 0 Å². The second-order valence-corrected chi connectivity index (χ2v) is 5.62. The van der Waals surface area contributed by atoms with Gasteiger partial charge in [-0.25, -0.2) is 0 Å². The molecule has 5 heteroatoms. The van der Waals surface area contributed by atoms with E-state index in [9.17, 15) is 9.59 Å². The number of benzene rings is 2. The number of anilines is 1. The lowest BCUT2D eigenvalue weighted by Gasteiger charge is -2.09. The van der Waals surface area contributed by atoms with E-state index in [1.165, 1.54) is 5.56 Å². The van der Waals surface area contributed by atoms with Gasteiger partial charge in [0.05, 0.1) is 0 Å². The van der Waals surface area contributed by atoms with Crippen LogP contribution in [0.3, 0.4) is 0 Å². The van der Waals surface area contributed by atoms with E-state index < -0.39 is 11.8 Å². The predicted octanol–water partition coefficient (Wildman–Crippen LogP) is 3.34. The van der Waals surface area contributed by atoms with Crippen LogP contribution in [0.25, 0.3) is 0 Å². The highest BCUT2D eigenvalue weighted by Gasteiger charge is 2.14. The lowest BCUT2D eigenvalue weighted by Crippen LogP contribution is -2.36. The first-order chi connectivity index (χ1) is 11.1. The maximum absolute atomic E-state index is 11.9. The SMILES string of the molecule is Cc1c(Cl)cccc1NC(=O)C(=O)NCCCc1ccccc1. The van der Waals surface area contributed by atoms with Crippen molar-refractivity contribution in [1.29, 1.82) is 0 Å². The Hall–Kier alpha value is -2.33. The molecule has 23 heavy (non-hydrogen) atoms. The van der Waals surface area contributed by atoms with Crippen LogP contribution in [0.2, 0.25) is 5.02 Å². The summed E-state index contributed by atoms with van der Waals surface area (Å²) in [6, 6.07) is 15.2. The van der Waals surface area contributed by atoms with Gasteiger partial charge in [-0.1, -0.05) is 48.0 Å².